The van der Waals surface area contributed by atoms with Crippen molar-refractivity contribution >= 4 is 22.7 Å². The van der Waals surface area contributed by atoms with Gasteiger partial charge >= 0.3 is 0 Å². The van der Waals surface area contributed by atoms with Crippen LogP contribution in [0.3, 0.4) is 0 Å². The van der Waals surface area contributed by atoms with Gasteiger partial charge in [-0.3, -0.25) is 4.79 Å². The van der Waals surface area contributed by atoms with E-state index in [1.165, 1.54) is 6.92 Å². The molecule has 134 valence electrons. The molecule has 1 heterocycles. The van der Waals surface area contributed by atoms with Gasteiger partial charge in [0.05, 0.1) is 6.57 Å². The molecule has 2 aromatic rings. The third-order valence-electron chi connectivity index (χ3n) is 4.27. The number of Topliss-reactive ketones (excluding diaryl/α,β-unsaturated/α-hetero) is 1. The molecule has 0 fully saturated rings. The Kier molecular flexibility index (Phi) is 5.65. The van der Waals surface area contributed by atoms with E-state index in [1.807, 2.05) is 71.9 Å². The Morgan fingerprint density at radius 3 is 2.18 bits per heavy atom. The van der Waals surface area contributed by atoms with Gasteiger partial charge in [0.25, 0.3) is 0 Å². The summed E-state index contributed by atoms with van der Waals surface area (Å²) in [5, 5.41) is 10.4. The van der Waals surface area contributed by atoms with Crippen molar-refractivity contribution in [1.29, 1.82) is 5.26 Å². The summed E-state index contributed by atoms with van der Waals surface area (Å²) in [6.07, 6.45) is 9.62. The van der Waals surface area contributed by atoms with Crippen LogP contribution in [0.5, 0.6) is 0 Å². The number of carbonyl (C=O) groups is 1. The van der Waals surface area contributed by atoms with Gasteiger partial charge < -0.3 is 4.90 Å². The number of hydrogen-bond donors (Lipinski definition) is 0. The topological polar surface area (TPSA) is 48.5 Å². The molecule has 1 aliphatic rings. The molecule has 0 spiro atoms. The van der Waals surface area contributed by atoms with Crippen molar-refractivity contribution < 1.29 is 4.79 Å². The van der Waals surface area contributed by atoms with Gasteiger partial charge in [0.15, 0.2) is 11.5 Å². The van der Waals surface area contributed by atoms with E-state index in [-0.39, 0.29) is 11.4 Å². The number of nitriles is 1. The minimum atomic E-state index is -0.271. The van der Waals surface area contributed by atoms with Crippen LogP contribution < -0.4 is 15.3 Å². The number of nitrogens with zero attached hydrogens (tertiary/aromatic N) is 3. The predicted molar refractivity (Wildman–Crippen MR) is 111 cm³/mol. The highest BCUT2D eigenvalue weighted by Crippen LogP contribution is 2.19. The van der Waals surface area contributed by atoms with Crippen LogP contribution in [0.2, 0.25) is 0 Å². The summed E-state index contributed by atoms with van der Waals surface area (Å²) in [6, 6.07) is 18.8. The molecule has 0 amide bonds. The molecule has 0 saturated carbocycles. The predicted octanol–water partition coefficient (Wildman–Crippen LogP) is 3.45. The van der Waals surface area contributed by atoms with E-state index in [4.69, 9.17) is 11.8 Å². The van der Waals surface area contributed by atoms with Crippen molar-refractivity contribution in [1.82, 2.24) is 0 Å². The molecule has 0 radical (unpaired) electrons. The number of anilines is 1. The average Bonchev–Trinajstić information content (AvgIpc) is 2.74. The standard InChI is InChI=1S/C24H17N3O/c1-18(28)23(17-25)20-8-10-21(11-9-20)24(26-2)16-19-12-14-27(15-13-19)22-6-4-3-5-7-22/h3-16H,1H3. The van der Waals surface area contributed by atoms with Crippen molar-refractivity contribution in [2.45, 2.75) is 6.92 Å². The van der Waals surface area contributed by atoms with Crippen LogP contribution in [-0.4, -0.2) is 5.78 Å². The molecule has 28 heavy (non-hydrogen) atoms. The minimum absolute atomic E-state index is 0.119. The Morgan fingerprint density at radius 2 is 1.64 bits per heavy atom. The number of rotatable bonds is 3. The highest BCUT2D eigenvalue weighted by Gasteiger charge is 2.05. The van der Waals surface area contributed by atoms with Gasteiger partial charge in [0.1, 0.15) is 11.6 Å². The third kappa shape index (κ3) is 4.15. The molecular formula is C24H17N3O. The van der Waals surface area contributed by atoms with E-state index in [1.54, 1.807) is 24.3 Å². The number of ketones is 1. The largest absolute Gasteiger partial charge is 0.324 e. The van der Waals surface area contributed by atoms with Gasteiger partial charge in [-0.1, -0.05) is 42.5 Å². The lowest BCUT2D eigenvalue weighted by atomic mass is 10.1. The average molecular weight is 363 g/mol. The Labute approximate surface area is 163 Å². The van der Waals surface area contributed by atoms with E-state index >= 15 is 0 Å². The van der Waals surface area contributed by atoms with Gasteiger partial charge in [-0.2, -0.15) is 5.26 Å². The second-order valence-electron chi connectivity index (χ2n) is 6.14. The summed E-state index contributed by atoms with van der Waals surface area (Å²) in [5.74, 6) is -0.271. The maximum atomic E-state index is 11.5. The first-order valence-electron chi connectivity index (χ1n) is 8.67. The molecule has 3 rings (SSSR count). The SMILES string of the molecule is [C-]#[N+]C(C=C1C=CN(c2ccccc2)C=C1)=c1ccc(=C(C#N)C(C)=O)cc1. The Balaban J connectivity index is 1.93. The van der Waals surface area contributed by atoms with Crippen LogP contribution in [-0.2, 0) is 4.79 Å². The number of allylic oxidation sites excluding steroid dienone is 3. The second-order valence-corrected chi connectivity index (χ2v) is 6.14. The molecule has 4 nitrogen and oxygen atoms in total. The van der Waals surface area contributed by atoms with Gasteiger partial charge in [0, 0.05) is 18.1 Å². The molecular weight excluding hydrogens is 346 g/mol. The van der Waals surface area contributed by atoms with Crippen molar-refractivity contribution in [2.24, 2.45) is 0 Å². The fraction of sp³-hybridized carbons (Fsp3) is 0.0417. The van der Waals surface area contributed by atoms with E-state index in [0.717, 1.165) is 16.5 Å². The maximum Gasteiger partial charge on any atom is 0.194 e. The van der Waals surface area contributed by atoms with Crippen molar-refractivity contribution in [3.63, 3.8) is 0 Å². The molecule has 0 unspecified atom stereocenters. The normalized spacial score (nSPS) is 12.1. The molecule has 0 aromatic heterocycles. The number of carbonyl (C=O) groups excluding carboxylic acids is 1. The third-order valence-corrected chi connectivity index (χ3v) is 4.27. The second kappa shape index (κ2) is 8.49. The summed E-state index contributed by atoms with van der Waals surface area (Å²) in [7, 11) is 0. The first kappa shape index (κ1) is 18.6. The van der Waals surface area contributed by atoms with Crippen molar-refractivity contribution in [3.05, 3.63) is 113 Å². The lowest BCUT2D eigenvalue weighted by Crippen LogP contribution is -2.14. The van der Waals surface area contributed by atoms with Crippen LogP contribution in [0.25, 0.3) is 16.1 Å². The lowest BCUT2D eigenvalue weighted by Gasteiger charge is -2.18. The van der Waals surface area contributed by atoms with Gasteiger partial charge in [-0.15, -0.1) is 0 Å². The molecule has 2 aromatic carbocycles. The van der Waals surface area contributed by atoms with E-state index < -0.39 is 0 Å². The zero-order valence-electron chi connectivity index (χ0n) is 15.3. The maximum absolute atomic E-state index is 11.5. The highest BCUT2D eigenvalue weighted by molar-refractivity contribution is 6.18. The van der Waals surface area contributed by atoms with E-state index in [0.29, 0.717) is 10.9 Å². The first-order chi connectivity index (χ1) is 13.6. The summed E-state index contributed by atoms with van der Waals surface area (Å²) < 4.78 is 0. The van der Waals surface area contributed by atoms with Crippen molar-refractivity contribution in [2.75, 3.05) is 4.90 Å². The van der Waals surface area contributed by atoms with Crippen LogP contribution >= 0.6 is 0 Å². The zero-order valence-corrected chi connectivity index (χ0v) is 15.3. The van der Waals surface area contributed by atoms with Crippen LogP contribution in [0.4, 0.5) is 5.69 Å². The van der Waals surface area contributed by atoms with Crippen LogP contribution in [0.15, 0.2) is 90.8 Å². The monoisotopic (exact) mass is 363 g/mol. The Hall–Kier alpha value is -4.15. The van der Waals surface area contributed by atoms with E-state index in [2.05, 4.69) is 4.85 Å². The first-order valence-corrected chi connectivity index (χ1v) is 8.67. The summed E-state index contributed by atoms with van der Waals surface area (Å²) >= 11 is 0. The van der Waals surface area contributed by atoms with Gasteiger partial charge in [-0.05, 0) is 53.3 Å². The Bertz CT molecular complexity index is 1160. The van der Waals surface area contributed by atoms with Gasteiger partial charge in [-0.25, -0.2) is 4.85 Å². The summed E-state index contributed by atoms with van der Waals surface area (Å²) in [6.45, 7) is 8.87. The number of hydrogen-bond acceptors (Lipinski definition) is 3. The minimum Gasteiger partial charge on any atom is -0.324 e. The lowest BCUT2D eigenvalue weighted by molar-refractivity contribution is -0.111. The molecule has 0 aliphatic carbocycles. The number of para-hydroxylation sites is 1. The molecule has 0 bridgehead atoms. The van der Waals surface area contributed by atoms with Crippen molar-refractivity contribution in [3.8, 4) is 6.07 Å². The molecule has 4 heteroatoms. The summed E-state index contributed by atoms with van der Waals surface area (Å²) in [4.78, 5) is 17.1. The fourth-order valence-electron chi connectivity index (χ4n) is 2.80. The smallest absolute Gasteiger partial charge is 0.194 e. The quantitative estimate of drug-likeness (QED) is 0.785. The number of benzene rings is 2. The zero-order chi connectivity index (χ0) is 19.9. The highest BCUT2D eigenvalue weighted by atomic mass is 16.1. The van der Waals surface area contributed by atoms with Crippen LogP contribution in [0, 0.1) is 17.9 Å². The van der Waals surface area contributed by atoms with Crippen LogP contribution in [0.1, 0.15) is 6.92 Å². The molecule has 0 N–H and O–H groups in total. The summed E-state index contributed by atoms with van der Waals surface area (Å²) in [5.41, 5.74) is 2.59. The van der Waals surface area contributed by atoms with Gasteiger partial charge in [0.2, 0.25) is 0 Å². The Morgan fingerprint density at radius 1 is 1.04 bits per heavy atom. The van der Waals surface area contributed by atoms with E-state index in [9.17, 15) is 4.79 Å². The molecule has 1 aliphatic heterocycles. The molecule has 0 atom stereocenters. The molecule has 0 saturated heterocycles. The fourth-order valence-corrected chi connectivity index (χ4v) is 2.80.